The van der Waals surface area contributed by atoms with E-state index in [1.54, 1.807) is 14.2 Å². The van der Waals surface area contributed by atoms with Crippen molar-refractivity contribution in [1.29, 1.82) is 5.26 Å². The molecule has 4 heteroatoms. The Hall–Kier alpha value is -1.73. The van der Waals surface area contributed by atoms with Crippen molar-refractivity contribution in [3.63, 3.8) is 0 Å². The topological polar surface area (TPSA) is 45.5 Å². The molecular formula is C15H20N2O2. The Bertz CT molecular complexity index is 462. The summed E-state index contributed by atoms with van der Waals surface area (Å²) in [4.78, 5) is 2.24. The molecule has 1 heterocycles. The van der Waals surface area contributed by atoms with E-state index in [1.807, 2.05) is 18.2 Å². The lowest BCUT2D eigenvalue weighted by atomic mass is 10.0. The second-order valence-corrected chi connectivity index (χ2v) is 4.74. The molecule has 1 aromatic carbocycles. The van der Waals surface area contributed by atoms with E-state index in [1.165, 1.54) is 19.3 Å². The van der Waals surface area contributed by atoms with E-state index in [0.717, 1.165) is 18.7 Å². The molecule has 0 unspecified atom stereocenters. The van der Waals surface area contributed by atoms with Crippen molar-refractivity contribution in [3.05, 3.63) is 23.8 Å². The number of nitriles is 1. The number of piperidine rings is 1. The number of nitrogens with zero attached hydrogens (tertiary/aromatic N) is 2. The van der Waals surface area contributed by atoms with Crippen molar-refractivity contribution in [3.8, 4) is 17.6 Å². The van der Waals surface area contributed by atoms with Crippen LogP contribution in [0.5, 0.6) is 11.5 Å². The average Bonchev–Trinajstić information content (AvgIpc) is 2.49. The van der Waals surface area contributed by atoms with Crippen LogP contribution >= 0.6 is 0 Å². The molecule has 0 radical (unpaired) electrons. The van der Waals surface area contributed by atoms with Gasteiger partial charge in [-0.25, -0.2) is 0 Å². The molecule has 2 rings (SSSR count). The largest absolute Gasteiger partial charge is 0.493 e. The molecule has 1 aliphatic rings. The first-order chi connectivity index (χ1) is 9.30. The molecule has 1 fully saturated rings. The number of hydrogen-bond acceptors (Lipinski definition) is 4. The summed E-state index contributed by atoms with van der Waals surface area (Å²) in [6, 6.07) is 7.93. The number of likely N-dealkylation sites (tertiary alicyclic amines) is 1. The number of hydrogen-bond donors (Lipinski definition) is 0. The maximum absolute atomic E-state index is 9.46. The van der Waals surface area contributed by atoms with Gasteiger partial charge in [0.15, 0.2) is 11.5 Å². The van der Waals surface area contributed by atoms with Crippen LogP contribution in [0, 0.1) is 11.3 Å². The molecule has 19 heavy (non-hydrogen) atoms. The molecule has 4 nitrogen and oxygen atoms in total. The van der Waals surface area contributed by atoms with Crippen LogP contribution in [0.15, 0.2) is 18.2 Å². The van der Waals surface area contributed by atoms with Crippen molar-refractivity contribution < 1.29 is 9.47 Å². The van der Waals surface area contributed by atoms with E-state index in [0.29, 0.717) is 11.5 Å². The fourth-order valence-corrected chi connectivity index (χ4v) is 2.57. The quantitative estimate of drug-likeness (QED) is 0.835. The zero-order chi connectivity index (χ0) is 13.7. The zero-order valence-corrected chi connectivity index (χ0v) is 11.6. The molecule has 1 saturated heterocycles. The number of rotatable bonds is 4. The maximum Gasteiger partial charge on any atom is 0.161 e. The first-order valence-corrected chi connectivity index (χ1v) is 6.65. The molecule has 0 saturated carbocycles. The van der Waals surface area contributed by atoms with Gasteiger partial charge >= 0.3 is 0 Å². The molecule has 0 aromatic heterocycles. The van der Waals surface area contributed by atoms with Gasteiger partial charge in [-0.1, -0.05) is 12.5 Å². The van der Waals surface area contributed by atoms with Gasteiger partial charge in [0.2, 0.25) is 0 Å². The lowest BCUT2D eigenvalue weighted by Crippen LogP contribution is -2.33. The first kappa shape index (κ1) is 13.7. The molecule has 1 aromatic rings. The van der Waals surface area contributed by atoms with Gasteiger partial charge in [-0.3, -0.25) is 4.90 Å². The lowest BCUT2D eigenvalue weighted by Gasteiger charge is -2.30. The Labute approximate surface area is 114 Å². The highest BCUT2D eigenvalue weighted by Crippen LogP contribution is 2.32. The van der Waals surface area contributed by atoms with Gasteiger partial charge in [-0.05, 0) is 43.6 Å². The SMILES string of the molecule is COc1ccc([C@H](C#N)N2CCCCC2)cc1OC. The normalized spacial score (nSPS) is 17.5. The molecule has 102 valence electrons. The third-order valence-corrected chi connectivity index (χ3v) is 3.60. The summed E-state index contributed by atoms with van der Waals surface area (Å²) in [5.74, 6) is 1.37. The monoisotopic (exact) mass is 260 g/mol. The van der Waals surface area contributed by atoms with Crippen LogP contribution in [-0.2, 0) is 0 Å². The fraction of sp³-hybridized carbons (Fsp3) is 0.533. The maximum atomic E-state index is 9.46. The Kier molecular flexibility index (Phi) is 4.64. The summed E-state index contributed by atoms with van der Waals surface area (Å²) < 4.78 is 10.5. The van der Waals surface area contributed by atoms with Gasteiger partial charge in [0.25, 0.3) is 0 Å². The summed E-state index contributed by atoms with van der Waals surface area (Å²) in [7, 11) is 3.23. The van der Waals surface area contributed by atoms with Crippen molar-refractivity contribution in [2.45, 2.75) is 25.3 Å². The van der Waals surface area contributed by atoms with E-state index in [4.69, 9.17) is 9.47 Å². The molecule has 1 atom stereocenters. The summed E-state index contributed by atoms with van der Waals surface area (Å²) >= 11 is 0. The van der Waals surface area contributed by atoms with Crippen LogP contribution in [0.25, 0.3) is 0 Å². The van der Waals surface area contributed by atoms with E-state index in [-0.39, 0.29) is 6.04 Å². The van der Waals surface area contributed by atoms with Crippen LogP contribution in [-0.4, -0.2) is 32.2 Å². The first-order valence-electron chi connectivity index (χ1n) is 6.65. The Morgan fingerprint density at radius 3 is 2.37 bits per heavy atom. The summed E-state index contributed by atoms with van der Waals surface area (Å²) in [5.41, 5.74) is 0.974. The van der Waals surface area contributed by atoms with Crippen molar-refractivity contribution in [2.75, 3.05) is 27.3 Å². The van der Waals surface area contributed by atoms with E-state index < -0.39 is 0 Å². The third kappa shape index (κ3) is 2.99. The Morgan fingerprint density at radius 2 is 1.79 bits per heavy atom. The highest BCUT2D eigenvalue weighted by molar-refractivity contribution is 5.44. The van der Waals surface area contributed by atoms with Crippen LogP contribution in [0.1, 0.15) is 30.9 Å². The van der Waals surface area contributed by atoms with E-state index >= 15 is 0 Å². The van der Waals surface area contributed by atoms with Crippen LogP contribution < -0.4 is 9.47 Å². The average molecular weight is 260 g/mol. The van der Waals surface area contributed by atoms with Gasteiger partial charge < -0.3 is 9.47 Å². The van der Waals surface area contributed by atoms with Gasteiger partial charge in [0.1, 0.15) is 6.04 Å². The molecular weight excluding hydrogens is 240 g/mol. The number of ether oxygens (including phenoxy) is 2. The van der Waals surface area contributed by atoms with Crippen molar-refractivity contribution >= 4 is 0 Å². The predicted molar refractivity (Wildman–Crippen MR) is 73.3 cm³/mol. The van der Waals surface area contributed by atoms with Gasteiger partial charge in [0.05, 0.1) is 20.3 Å². The van der Waals surface area contributed by atoms with Crippen molar-refractivity contribution in [2.24, 2.45) is 0 Å². The number of benzene rings is 1. The lowest BCUT2D eigenvalue weighted by molar-refractivity contribution is 0.196. The minimum Gasteiger partial charge on any atom is -0.493 e. The molecule has 1 aliphatic heterocycles. The van der Waals surface area contributed by atoms with Crippen molar-refractivity contribution in [1.82, 2.24) is 4.90 Å². The highest BCUT2D eigenvalue weighted by atomic mass is 16.5. The van der Waals surface area contributed by atoms with Crippen LogP contribution in [0.3, 0.4) is 0 Å². The molecule has 0 spiro atoms. The van der Waals surface area contributed by atoms with Gasteiger partial charge in [0, 0.05) is 0 Å². The van der Waals surface area contributed by atoms with Gasteiger partial charge in [-0.2, -0.15) is 5.26 Å². The number of methoxy groups -OCH3 is 2. The Balaban J connectivity index is 2.25. The molecule has 0 N–H and O–H groups in total. The Morgan fingerprint density at radius 1 is 1.11 bits per heavy atom. The second-order valence-electron chi connectivity index (χ2n) is 4.74. The standard InChI is InChI=1S/C15H20N2O2/c1-18-14-7-6-12(10-15(14)19-2)13(11-16)17-8-4-3-5-9-17/h6-7,10,13H,3-5,8-9H2,1-2H3/t13-/m0/s1. The minimum absolute atomic E-state index is 0.194. The van der Waals surface area contributed by atoms with E-state index in [9.17, 15) is 5.26 Å². The summed E-state index contributed by atoms with van der Waals surface area (Å²) in [6.45, 7) is 1.99. The molecule has 0 aliphatic carbocycles. The summed E-state index contributed by atoms with van der Waals surface area (Å²) in [5, 5.41) is 9.46. The summed E-state index contributed by atoms with van der Waals surface area (Å²) in [6.07, 6.45) is 3.61. The molecule has 0 amide bonds. The minimum atomic E-state index is -0.194. The third-order valence-electron chi connectivity index (χ3n) is 3.60. The predicted octanol–water partition coefficient (Wildman–Crippen LogP) is 2.75. The van der Waals surface area contributed by atoms with E-state index in [2.05, 4.69) is 11.0 Å². The fourth-order valence-electron chi connectivity index (χ4n) is 2.57. The smallest absolute Gasteiger partial charge is 0.161 e. The molecule has 0 bridgehead atoms. The zero-order valence-electron chi connectivity index (χ0n) is 11.6. The second kappa shape index (κ2) is 6.44. The van der Waals surface area contributed by atoms with Gasteiger partial charge in [-0.15, -0.1) is 0 Å². The van der Waals surface area contributed by atoms with Crippen LogP contribution in [0.4, 0.5) is 0 Å². The highest BCUT2D eigenvalue weighted by Gasteiger charge is 2.22. The van der Waals surface area contributed by atoms with Crippen LogP contribution in [0.2, 0.25) is 0 Å².